The maximum Gasteiger partial charge on any atom is 0.223 e. The maximum atomic E-state index is 12.4. The molecule has 2 amide bonds. The van der Waals surface area contributed by atoms with Crippen LogP contribution in [0.25, 0.3) is 0 Å². The summed E-state index contributed by atoms with van der Waals surface area (Å²) in [6, 6.07) is 0. The molecule has 2 heterocycles. The van der Waals surface area contributed by atoms with Gasteiger partial charge in [-0.15, -0.1) is 0 Å². The van der Waals surface area contributed by atoms with Crippen molar-refractivity contribution in [1.82, 2.24) is 10.2 Å². The summed E-state index contributed by atoms with van der Waals surface area (Å²) in [5.41, 5.74) is -0.0621. The molecule has 2 aliphatic heterocycles. The SMILES string of the molecule is CC[C@@H](C)CC(=O)N1CCC2(CC[C@H](CNC(=O)C3CCCCC3)O2)CC1. The van der Waals surface area contributed by atoms with Crippen LogP contribution in [0.3, 0.4) is 0 Å². The zero-order chi connectivity index (χ0) is 19.3. The fraction of sp³-hybridized carbons (Fsp3) is 0.909. The highest BCUT2D eigenvalue weighted by Gasteiger charge is 2.43. The van der Waals surface area contributed by atoms with E-state index < -0.39 is 0 Å². The summed E-state index contributed by atoms with van der Waals surface area (Å²) in [5.74, 6) is 1.21. The van der Waals surface area contributed by atoms with Gasteiger partial charge in [0.05, 0.1) is 11.7 Å². The van der Waals surface area contributed by atoms with Crippen LogP contribution in [0.1, 0.15) is 84.5 Å². The zero-order valence-electron chi connectivity index (χ0n) is 17.3. The number of carbonyl (C=O) groups excluding carboxylic acids is 2. The Bertz CT molecular complexity index is 508. The van der Waals surface area contributed by atoms with Gasteiger partial charge in [0.2, 0.25) is 11.8 Å². The second-order valence-electron chi connectivity index (χ2n) is 9.14. The molecule has 3 fully saturated rings. The van der Waals surface area contributed by atoms with E-state index in [2.05, 4.69) is 19.2 Å². The van der Waals surface area contributed by atoms with Crippen LogP contribution in [0.2, 0.25) is 0 Å². The van der Waals surface area contributed by atoms with E-state index in [1.165, 1.54) is 19.3 Å². The molecule has 0 aromatic carbocycles. The van der Waals surface area contributed by atoms with E-state index in [0.29, 0.717) is 24.8 Å². The molecule has 0 unspecified atom stereocenters. The molecule has 3 rings (SSSR count). The lowest BCUT2D eigenvalue weighted by molar-refractivity contribution is -0.139. The smallest absolute Gasteiger partial charge is 0.223 e. The second-order valence-corrected chi connectivity index (χ2v) is 9.14. The summed E-state index contributed by atoms with van der Waals surface area (Å²) < 4.78 is 6.41. The molecular weight excluding hydrogens is 340 g/mol. The zero-order valence-corrected chi connectivity index (χ0v) is 17.3. The number of rotatable bonds is 6. The summed E-state index contributed by atoms with van der Waals surface area (Å²) in [7, 11) is 0. The van der Waals surface area contributed by atoms with Gasteiger partial charge in [-0.3, -0.25) is 9.59 Å². The molecule has 1 N–H and O–H groups in total. The van der Waals surface area contributed by atoms with Crippen molar-refractivity contribution in [3.8, 4) is 0 Å². The Morgan fingerprint density at radius 2 is 1.81 bits per heavy atom. The average molecular weight is 379 g/mol. The van der Waals surface area contributed by atoms with Crippen molar-refractivity contribution >= 4 is 11.8 Å². The Hall–Kier alpha value is -1.10. The number of nitrogens with zero attached hydrogens (tertiary/aromatic N) is 1. The van der Waals surface area contributed by atoms with E-state index >= 15 is 0 Å². The fourth-order valence-electron chi connectivity index (χ4n) is 4.87. The first-order valence-corrected chi connectivity index (χ1v) is 11.2. The third kappa shape index (κ3) is 5.46. The molecule has 5 heteroatoms. The van der Waals surface area contributed by atoms with E-state index in [1.54, 1.807) is 0 Å². The van der Waals surface area contributed by atoms with Crippen molar-refractivity contribution in [3.63, 3.8) is 0 Å². The number of likely N-dealkylation sites (tertiary alicyclic amines) is 1. The number of hydrogen-bond donors (Lipinski definition) is 1. The van der Waals surface area contributed by atoms with Crippen molar-refractivity contribution in [1.29, 1.82) is 0 Å². The van der Waals surface area contributed by atoms with E-state index in [0.717, 1.165) is 58.0 Å². The monoisotopic (exact) mass is 378 g/mol. The molecule has 1 aliphatic carbocycles. The Kier molecular flexibility index (Phi) is 7.18. The van der Waals surface area contributed by atoms with Crippen molar-refractivity contribution in [2.75, 3.05) is 19.6 Å². The highest BCUT2D eigenvalue weighted by atomic mass is 16.5. The number of hydrogen-bond acceptors (Lipinski definition) is 3. The van der Waals surface area contributed by atoms with Crippen molar-refractivity contribution in [3.05, 3.63) is 0 Å². The Morgan fingerprint density at radius 1 is 1.11 bits per heavy atom. The number of amides is 2. The number of nitrogens with one attached hydrogen (secondary N) is 1. The third-order valence-electron chi connectivity index (χ3n) is 7.07. The van der Waals surface area contributed by atoms with E-state index in [1.807, 2.05) is 4.90 Å². The van der Waals surface area contributed by atoms with Crippen LogP contribution in [0.5, 0.6) is 0 Å². The summed E-state index contributed by atoms with van der Waals surface area (Å²) in [4.78, 5) is 26.8. The van der Waals surface area contributed by atoms with Crippen LogP contribution >= 0.6 is 0 Å². The predicted molar refractivity (Wildman–Crippen MR) is 106 cm³/mol. The lowest BCUT2D eigenvalue weighted by Gasteiger charge is -2.39. The molecule has 1 spiro atoms. The molecular formula is C22H38N2O3. The summed E-state index contributed by atoms with van der Waals surface area (Å²) in [6.07, 6.45) is 11.6. The summed E-state index contributed by atoms with van der Waals surface area (Å²) in [5, 5.41) is 3.14. The van der Waals surface area contributed by atoms with Crippen molar-refractivity contribution < 1.29 is 14.3 Å². The van der Waals surface area contributed by atoms with Gasteiger partial charge in [0.25, 0.3) is 0 Å². The lowest BCUT2D eigenvalue weighted by atomic mass is 9.88. The van der Waals surface area contributed by atoms with Gasteiger partial charge in [-0.25, -0.2) is 0 Å². The van der Waals surface area contributed by atoms with Gasteiger partial charge in [0.1, 0.15) is 0 Å². The maximum absolute atomic E-state index is 12.4. The highest BCUT2D eigenvalue weighted by Crippen LogP contribution is 2.39. The molecule has 154 valence electrons. The topological polar surface area (TPSA) is 58.6 Å². The minimum Gasteiger partial charge on any atom is -0.370 e. The quantitative estimate of drug-likeness (QED) is 0.767. The van der Waals surface area contributed by atoms with Crippen LogP contribution in [-0.4, -0.2) is 48.1 Å². The first-order chi connectivity index (χ1) is 13.0. The van der Waals surface area contributed by atoms with E-state index in [4.69, 9.17) is 4.74 Å². The van der Waals surface area contributed by atoms with E-state index in [9.17, 15) is 9.59 Å². The van der Waals surface area contributed by atoms with Crippen LogP contribution in [0.15, 0.2) is 0 Å². The Balaban J connectivity index is 1.39. The first kappa shape index (κ1) is 20.6. The van der Waals surface area contributed by atoms with Gasteiger partial charge in [0, 0.05) is 32.0 Å². The number of piperidine rings is 1. The van der Waals surface area contributed by atoms with E-state index in [-0.39, 0.29) is 23.5 Å². The molecule has 27 heavy (non-hydrogen) atoms. The number of ether oxygens (including phenoxy) is 1. The Labute approximate surface area is 164 Å². The molecule has 0 radical (unpaired) electrons. The largest absolute Gasteiger partial charge is 0.370 e. The van der Waals surface area contributed by atoms with Gasteiger partial charge in [0.15, 0.2) is 0 Å². The highest BCUT2D eigenvalue weighted by molar-refractivity contribution is 5.78. The molecule has 0 aromatic heterocycles. The van der Waals surface area contributed by atoms with Gasteiger partial charge in [-0.2, -0.15) is 0 Å². The minimum atomic E-state index is -0.0621. The van der Waals surface area contributed by atoms with Gasteiger partial charge >= 0.3 is 0 Å². The van der Waals surface area contributed by atoms with Crippen LogP contribution in [0.4, 0.5) is 0 Å². The fourth-order valence-corrected chi connectivity index (χ4v) is 4.87. The molecule has 2 saturated heterocycles. The molecule has 0 bridgehead atoms. The van der Waals surface area contributed by atoms with Crippen LogP contribution < -0.4 is 5.32 Å². The molecule has 0 aromatic rings. The first-order valence-electron chi connectivity index (χ1n) is 11.2. The van der Waals surface area contributed by atoms with Crippen molar-refractivity contribution in [2.24, 2.45) is 11.8 Å². The predicted octanol–water partition coefficient (Wildman–Crippen LogP) is 3.66. The van der Waals surface area contributed by atoms with Gasteiger partial charge < -0.3 is 15.0 Å². The summed E-state index contributed by atoms with van der Waals surface area (Å²) >= 11 is 0. The molecule has 5 nitrogen and oxygen atoms in total. The van der Waals surface area contributed by atoms with Gasteiger partial charge in [-0.05, 0) is 44.4 Å². The van der Waals surface area contributed by atoms with Crippen LogP contribution in [0, 0.1) is 11.8 Å². The minimum absolute atomic E-state index is 0.0621. The average Bonchev–Trinajstić information content (AvgIpc) is 3.09. The van der Waals surface area contributed by atoms with Crippen molar-refractivity contribution in [2.45, 2.75) is 96.2 Å². The standard InChI is InChI=1S/C22H38N2O3/c1-3-17(2)15-20(25)24-13-11-22(12-14-24)10-9-19(27-22)16-23-21(26)18-7-5-4-6-8-18/h17-19H,3-16H2,1-2H3,(H,23,26)/t17-,19-/m1/s1. The van der Waals surface area contributed by atoms with Gasteiger partial charge in [-0.1, -0.05) is 39.5 Å². The van der Waals surface area contributed by atoms with Crippen LogP contribution in [-0.2, 0) is 14.3 Å². The third-order valence-corrected chi connectivity index (χ3v) is 7.07. The lowest BCUT2D eigenvalue weighted by Crippen LogP contribution is -2.47. The molecule has 2 atom stereocenters. The molecule has 1 saturated carbocycles. The number of carbonyl (C=O) groups is 2. The Morgan fingerprint density at radius 3 is 2.48 bits per heavy atom. The summed E-state index contributed by atoms with van der Waals surface area (Å²) in [6.45, 7) is 6.57. The molecule has 3 aliphatic rings. The second kappa shape index (κ2) is 9.40. The normalized spacial score (nSPS) is 26.9.